The largest absolute Gasteiger partial charge is 0.385 e. The highest BCUT2D eigenvalue weighted by molar-refractivity contribution is 9.10. The van der Waals surface area contributed by atoms with E-state index in [0.29, 0.717) is 25.3 Å². The molecule has 1 amide bonds. The number of benzene rings is 2. The van der Waals surface area contributed by atoms with Crippen molar-refractivity contribution in [3.8, 4) is 0 Å². The van der Waals surface area contributed by atoms with Crippen LogP contribution in [0.3, 0.4) is 0 Å². The molecule has 4 rings (SSSR count). The molecule has 0 unspecified atom stereocenters. The molecule has 4 aromatic rings. The number of halogens is 1. The second kappa shape index (κ2) is 10.8. The highest BCUT2D eigenvalue weighted by Gasteiger charge is 2.13. The first-order valence-electron chi connectivity index (χ1n) is 10.2. The van der Waals surface area contributed by atoms with Crippen molar-refractivity contribution in [1.29, 1.82) is 0 Å². The lowest BCUT2D eigenvalue weighted by Crippen LogP contribution is -2.25. The Morgan fingerprint density at radius 1 is 1.12 bits per heavy atom. The molecule has 0 fully saturated rings. The van der Waals surface area contributed by atoms with Gasteiger partial charge in [-0.3, -0.25) is 9.78 Å². The van der Waals surface area contributed by atoms with E-state index in [4.69, 9.17) is 9.72 Å². The van der Waals surface area contributed by atoms with Gasteiger partial charge >= 0.3 is 0 Å². The van der Waals surface area contributed by atoms with E-state index in [1.165, 1.54) is 0 Å². The Kier molecular flexibility index (Phi) is 7.57. The summed E-state index contributed by atoms with van der Waals surface area (Å²) in [7, 11) is 1.66. The van der Waals surface area contributed by atoms with Crippen molar-refractivity contribution >= 4 is 44.6 Å². The number of imidazole rings is 1. The van der Waals surface area contributed by atoms with Crippen LogP contribution in [-0.4, -0.2) is 40.7 Å². The summed E-state index contributed by atoms with van der Waals surface area (Å²) >= 11 is 5.10. The summed E-state index contributed by atoms with van der Waals surface area (Å²) in [6, 6.07) is 17.8. The Bertz CT molecular complexity index is 1190. The summed E-state index contributed by atoms with van der Waals surface area (Å²) in [5.41, 5.74) is 3.62. The van der Waals surface area contributed by atoms with Crippen LogP contribution in [0.5, 0.6) is 0 Å². The average molecular weight is 511 g/mol. The summed E-state index contributed by atoms with van der Waals surface area (Å²) in [5.74, 6) is -0.0728. The van der Waals surface area contributed by atoms with Gasteiger partial charge in [-0.15, -0.1) is 0 Å². The SMILES string of the molecule is COCCCNC(=O)c1ccc(Cn2c(Sc3ccc(Br)cc3)nc3ccncc32)cc1. The highest BCUT2D eigenvalue weighted by atomic mass is 79.9. The second-order valence-electron chi connectivity index (χ2n) is 7.20. The molecule has 0 spiro atoms. The predicted octanol–water partition coefficient (Wildman–Crippen LogP) is 5.16. The molecule has 0 aliphatic rings. The van der Waals surface area contributed by atoms with Crippen molar-refractivity contribution in [2.45, 2.75) is 23.0 Å². The number of carbonyl (C=O) groups is 1. The lowest BCUT2D eigenvalue weighted by atomic mass is 10.1. The molecule has 0 saturated carbocycles. The van der Waals surface area contributed by atoms with E-state index in [1.54, 1.807) is 25.1 Å². The zero-order chi connectivity index (χ0) is 22.3. The summed E-state index contributed by atoms with van der Waals surface area (Å²) in [4.78, 5) is 22.5. The van der Waals surface area contributed by atoms with E-state index >= 15 is 0 Å². The van der Waals surface area contributed by atoms with Gasteiger partial charge < -0.3 is 14.6 Å². The van der Waals surface area contributed by atoms with Crippen LogP contribution in [0.15, 0.2) is 81.5 Å². The van der Waals surface area contributed by atoms with Crippen molar-refractivity contribution in [3.63, 3.8) is 0 Å². The molecule has 2 aromatic carbocycles. The molecule has 0 saturated heterocycles. The average Bonchev–Trinajstić information content (AvgIpc) is 3.15. The highest BCUT2D eigenvalue weighted by Crippen LogP contribution is 2.31. The number of nitrogens with one attached hydrogen (secondary N) is 1. The fourth-order valence-electron chi connectivity index (χ4n) is 3.25. The number of ether oxygens (including phenoxy) is 1. The van der Waals surface area contributed by atoms with Crippen molar-refractivity contribution < 1.29 is 9.53 Å². The maximum Gasteiger partial charge on any atom is 0.251 e. The summed E-state index contributed by atoms with van der Waals surface area (Å²) in [5, 5.41) is 3.81. The van der Waals surface area contributed by atoms with Gasteiger partial charge in [-0.25, -0.2) is 4.98 Å². The van der Waals surface area contributed by atoms with Crippen LogP contribution < -0.4 is 5.32 Å². The van der Waals surface area contributed by atoms with E-state index in [2.05, 4.69) is 42.9 Å². The van der Waals surface area contributed by atoms with Crippen molar-refractivity contribution in [2.24, 2.45) is 0 Å². The van der Waals surface area contributed by atoms with Gasteiger partial charge in [-0.1, -0.05) is 39.8 Å². The number of aromatic nitrogens is 3. The Labute approximate surface area is 199 Å². The van der Waals surface area contributed by atoms with Crippen LogP contribution in [0.1, 0.15) is 22.3 Å². The predicted molar refractivity (Wildman–Crippen MR) is 130 cm³/mol. The number of rotatable bonds is 9. The lowest BCUT2D eigenvalue weighted by molar-refractivity contribution is 0.0948. The first-order chi connectivity index (χ1) is 15.6. The minimum Gasteiger partial charge on any atom is -0.385 e. The number of methoxy groups -OCH3 is 1. The Morgan fingerprint density at radius 2 is 1.91 bits per heavy atom. The van der Waals surface area contributed by atoms with Crippen molar-refractivity contribution in [2.75, 3.05) is 20.3 Å². The number of nitrogens with zero attached hydrogens (tertiary/aromatic N) is 3. The maximum atomic E-state index is 12.3. The van der Waals surface area contributed by atoms with Gasteiger partial charge in [0, 0.05) is 41.4 Å². The van der Waals surface area contributed by atoms with Crippen molar-refractivity contribution in [3.05, 3.63) is 82.6 Å². The fourth-order valence-corrected chi connectivity index (χ4v) is 4.42. The molecule has 32 heavy (non-hydrogen) atoms. The topological polar surface area (TPSA) is 69.0 Å². The zero-order valence-corrected chi connectivity index (χ0v) is 20.0. The third kappa shape index (κ3) is 5.56. The van der Waals surface area contributed by atoms with Crippen LogP contribution in [0.2, 0.25) is 0 Å². The third-order valence-electron chi connectivity index (χ3n) is 4.91. The quantitative estimate of drug-likeness (QED) is 0.315. The molecule has 2 aromatic heterocycles. The molecule has 6 nitrogen and oxygen atoms in total. The number of carbonyl (C=O) groups excluding carboxylic acids is 1. The Hall–Kier alpha value is -2.68. The van der Waals surface area contributed by atoms with Crippen molar-refractivity contribution in [1.82, 2.24) is 19.9 Å². The second-order valence-corrected chi connectivity index (χ2v) is 9.16. The first-order valence-corrected chi connectivity index (χ1v) is 11.8. The number of fused-ring (bicyclic) bond motifs is 1. The lowest BCUT2D eigenvalue weighted by Gasteiger charge is -2.10. The van der Waals surface area contributed by atoms with Crippen LogP contribution in [-0.2, 0) is 11.3 Å². The minimum atomic E-state index is -0.0728. The van der Waals surface area contributed by atoms with Gasteiger partial charge in [0.15, 0.2) is 5.16 Å². The van der Waals surface area contributed by atoms with Gasteiger partial charge in [0.25, 0.3) is 5.91 Å². The molecule has 0 aliphatic carbocycles. The van der Waals surface area contributed by atoms with Crippen LogP contribution >= 0.6 is 27.7 Å². The van der Waals surface area contributed by atoms with Gasteiger partial charge in [-0.2, -0.15) is 0 Å². The van der Waals surface area contributed by atoms with E-state index in [-0.39, 0.29) is 5.91 Å². The Balaban J connectivity index is 1.53. The van der Waals surface area contributed by atoms with E-state index in [9.17, 15) is 4.79 Å². The number of hydrogen-bond acceptors (Lipinski definition) is 5. The monoisotopic (exact) mass is 510 g/mol. The van der Waals surface area contributed by atoms with Crippen LogP contribution in [0.25, 0.3) is 11.0 Å². The number of pyridine rings is 1. The summed E-state index contributed by atoms with van der Waals surface area (Å²) in [6.45, 7) is 1.86. The Morgan fingerprint density at radius 3 is 2.66 bits per heavy atom. The molecule has 0 aliphatic heterocycles. The number of hydrogen-bond donors (Lipinski definition) is 1. The van der Waals surface area contributed by atoms with Crippen LogP contribution in [0, 0.1) is 0 Å². The summed E-state index contributed by atoms with van der Waals surface area (Å²) < 4.78 is 8.22. The van der Waals surface area contributed by atoms with Gasteiger partial charge in [0.05, 0.1) is 23.8 Å². The summed E-state index contributed by atoms with van der Waals surface area (Å²) in [6.07, 6.45) is 4.39. The standard InChI is InChI=1S/C24H23BrN4O2S/c1-31-14-2-12-27-23(30)18-5-3-17(4-6-18)16-29-22-15-26-13-11-21(22)28-24(29)32-20-9-7-19(25)8-10-20/h3-11,13,15H,2,12,14,16H2,1H3,(H,27,30). The van der Waals surface area contributed by atoms with E-state index in [0.717, 1.165) is 37.5 Å². The van der Waals surface area contributed by atoms with E-state index < -0.39 is 0 Å². The smallest absolute Gasteiger partial charge is 0.251 e. The van der Waals surface area contributed by atoms with Gasteiger partial charge in [-0.05, 0) is 54.4 Å². The molecule has 164 valence electrons. The molecule has 1 N–H and O–H groups in total. The first kappa shape index (κ1) is 22.5. The molecular formula is C24H23BrN4O2S. The zero-order valence-electron chi connectivity index (χ0n) is 17.6. The fraction of sp³-hybridized carbons (Fsp3) is 0.208. The molecule has 8 heteroatoms. The molecule has 0 radical (unpaired) electrons. The third-order valence-corrected chi connectivity index (χ3v) is 6.44. The molecule has 2 heterocycles. The maximum absolute atomic E-state index is 12.3. The molecule has 0 atom stereocenters. The van der Waals surface area contributed by atoms with Gasteiger partial charge in [0.2, 0.25) is 0 Å². The molecule has 0 bridgehead atoms. The van der Waals surface area contributed by atoms with Gasteiger partial charge in [0.1, 0.15) is 0 Å². The van der Waals surface area contributed by atoms with E-state index in [1.807, 2.05) is 48.7 Å². The normalized spacial score (nSPS) is 11.1. The molecular weight excluding hydrogens is 488 g/mol. The number of amides is 1. The minimum absolute atomic E-state index is 0.0728. The van der Waals surface area contributed by atoms with Crippen LogP contribution in [0.4, 0.5) is 0 Å².